The van der Waals surface area contributed by atoms with Gasteiger partial charge in [0.25, 0.3) is 5.91 Å². The maximum absolute atomic E-state index is 13.6. The molecule has 3 rings (SSSR count). The van der Waals surface area contributed by atoms with E-state index in [9.17, 15) is 19.2 Å². The van der Waals surface area contributed by atoms with E-state index in [1.807, 2.05) is 26.8 Å². The van der Waals surface area contributed by atoms with Crippen LogP contribution < -0.4 is 15.7 Å². The normalized spacial score (nSPS) is 19.0. The molecule has 4 amide bonds. The number of anilines is 1. The second-order valence-electron chi connectivity index (χ2n) is 10.4. The molecule has 10 heteroatoms. The Hall–Kier alpha value is -3.30. The van der Waals surface area contributed by atoms with Crippen LogP contribution in [0.25, 0.3) is 0 Å². The molecular weight excluding hydrogens is 464 g/mol. The van der Waals surface area contributed by atoms with E-state index in [0.717, 1.165) is 24.8 Å². The van der Waals surface area contributed by atoms with Crippen LogP contribution in [-0.2, 0) is 14.4 Å². The summed E-state index contributed by atoms with van der Waals surface area (Å²) in [5.41, 5.74) is 4.19. The number of likely N-dealkylation sites (tertiary alicyclic amines) is 1. The van der Waals surface area contributed by atoms with Gasteiger partial charge in [0.2, 0.25) is 5.91 Å². The van der Waals surface area contributed by atoms with E-state index in [0.29, 0.717) is 29.9 Å². The Labute approximate surface area is 212 Å². The van der Waals surface area contributed by atoms with E-state index in [2.05, 4.69) is 29.4 Å². The number of hydroxylamine groups is 1. The minimum absolute atomic E-state index is 0.0717. The monoisotopic (exact) mass is 502 g/mol. The fourth-order valence-electron chi connectivity index (χ4n) is 5.47. The number of ether oxygens (including phenoxy) is 1. The van der Waals surface area contributed by atoms with Crippen LogP contribution in [0.4, 0.5) is 15.3 Å². The average molecular weight is 503 g/mol. The van der Waals surface area contributed by atoms with Gasteiger partial charge < -0.3 is 24.7 Å². The first-order valence-electron chi connectivity index (χ1n) is 12.5. The van der Waals surface area contributed by atoms with Gasteiger partial charge in [-0.25, -0.2) is 9.59 Å². The van der Waals surface area contributed by atoms with Crippen molar-refractivity contribution in [1.82, 2.24) is 15.7 Å². The number of benzene rings is 1. The molecule has 0 unspecified atom stereocenters. The zero-order valence-corrected chi connectivity index (χ0v) is 22.1. The van der Waals surface area contributed by atoms with Crippen molar-refractivity contribution in [2.75, 3.05) is 38.2 Å². The second kappa shape index (κ2) is 11.2. The first kappa shape index (κ1) is 27.3. The van der Waals surface area contributed by atoms with Crippen LogP contribution in [0, 0.1) is 18.3 Å². The maximum atomic E-state index is 13.6. The lowest BCUT2D eigenvalue weighted by atomic mass is 9.65. The van der Waals surface area contributed by atoms with Gasteiger partial charge in [0.05, 0.1) is 12.5 Å². The van der Waals surface area contributed by atoms with E-state index in [-0.39, 0.29) is 30.8 Å². The molecule has 10 nitrogen and oxygen atoms in total. The molecule has 1 atom stereocenters. The third-order valence-corrected chi connectivity index (χ3v) is 7.12. The Morgan fingerprint density at radius 2 is 1.81 bits per heavy atom. The van der Waals surface area contributed by atoms with Gasteiger partial charge in [-0.1, -0.05) is 33.8 Å². The fourth-order valence-corrected chi connectivity index (χ4v) is 5.47. The van der Waals surface area contributed by atoms with Gasteiger partial charge in [-0.3, -0.25) is 9.59 Å². The van der Waals surface area contributed by atoms with E-state index in [4.69, 9.17) is 4.84 Å². The van der Waals surface area contributed by atoms with E-state index >= 15 is 0 Å². The number of nitrogens with zero attached hydrogens (tertiary/aromatic N) is 2. The average Bonchev–Trinajstić information content (AvgIpc) is 2.84. The molecule has 0 radical (unpaired) electrons. The van der Waals surface area contributed by atoms with Crippen LogP contribution in [0.1, 0.15) is 74.4 Å². The molecule has 1 fully saturated rings. The van der Waals surface area contributed by atoms with Crippen molar-refractivity contribution < 1.29 is 28.8 Å². The highest BCUT2D eigenvalue weighted by molar-refractivity contribution is 6.04. The lowest BCUT2D eigenvalue weighted by molar-refractivity contribution is -0.129. The number of hydrogen-bond donors (Lipinski definition) is 2. The van der Waals surface area contributed by atoms with Crippen molar-refractivity contribution in [3.05, 3.63) is 28.8 Å². The lowest BCUT2D eigenvalue weighted by Gasteiger charge is -2.46. The number of carbonyl (C=O) groups is 4. The number of amides is 4. The molecule has 1 aromatic rings. The Bertz CT molecular complexity index is 1020. The first-order valence-corrected chi connectivity index (χ1v) is 12.5. The molecule has 2 heterocycles. The zero-order valence-electron chi connectivity index (χ0n) is 22.1. The minimum Gasteiger partial charge on any atom is -0.453 e. The predicted molar refractivity (Wildman–Crippen MR) is 135 cm³/mol. The van der Waals surface area contributed by atoms with Crippen molar-refractivity contribution >= 4 is 29.7 Å². The number of aryl methyl sites for hydroxylation is 1. The lowest BCUT2D eigenvalue weighted by Crippen LogP contribution is -2.52. The summed E-state index contributed by atoms with van der Waals surface area (Å²) in [5, 5.41) is 2.61. The van der Waals surface area contributed by atoms with Gasteiger partial charge >= 0.3 is 12.2 Å². The molecule has 0 saturated carbocycles. The van der Waals surface area contributed by atoms with Gasteiger partial charge in [-0.2, -0.15) is 5.48 Å². The second-order valence-corrected chi connectivity index (χ2v) is 10.4. The summed E-state index contributed by atoms with van der Waals surface area (Å²) in [5.74, 6) is -0.557. The summed E-state index contributed by atoms with van der Waals surface area (Å²) in [7, 11) is 1.28. The predicted octanol–water partition coefficient (Wildman–Crippen LogP) is 3.73. The van der Waals surface area contributed by atoms with E-state index in [1.165, 1.54) is 7.11 Å². The van der Waals surface area contributed by atoms with Crippen LogP contribution in [0.3, 0.4) is 0 Å². The van der Waals surface area contributed by atoms with Gasteiger partial charge in [-0.05, 0) is 49.3 Å². The van der Waals surface area contributed by atoms with Gasteiger partial charge in [0.15, 0.2) is 0 Å². The Kier molecular flexibility index (Phi) is 8.47. The molecule has 1 saturated heterocycles. The largest absolute Gasteiger partial charge is 0.453 e. The van der Waals surface area contributed by atoms with Crippen molar-refractivity contribution in [2.45, 2.75) is 59.8 Å². The summed E-state index contributed by atoms with van der Waals surface area (Å²) >= 11 is 0. The standard InChI is InChI=1S/C26H38N4O6/c1-16(2)21-19-14-17(3)18(22(31)28-36-25(34)29-11-8-7-9-12-29)15-20(19)30(23(32)26(21,4)5)13-10-27-24(33)35-6/h14-16,21H,7-13H2,1-6H3,(H,27,33)(H,28,31)/t21-/m1/s1. The van der Waals surface area contributed by atoms with Gasteiger partial charge in [0, 0.05) is 43.3 Å². The summed E-state index contributed by atoms with van der Waals surface area (Å²) < 4.78 is 4.63. The molecule has 0 spiro atoms. The van der Waals surface area contributed by atoms with Crippen LogP contribution in [-0.4, -0.2) is 62.2 Å². The molecule has 36 heavy (non-hydrogen) atoms. The SMILES string of the molecule is COC(=O)NCCN1C(=O)C(C)(C)[C@H](C(C)C)c2cc(C)c(C(=O)NOC(=O)N3CCCCC3)cc21. The number of fused-ring (bicyclic) bond motifs is 1. The highest BCUT2D eigenvalue weighted by Crippen LogP contribution is 2.50. The third kappa shape index (κ3) is 5.57. The van der Waals surface area contributed by atoms with Crippen LogP contribution >= 0.6 is 0 Å². The number of rotatable bonds is 5. The molecular formula is C26H38N4O6. The molecule has 0 aliphatic carbocycles. The number of nitrogens with one attached hydrogen (secondary N) is 2. The van der Waals surface area contributed by atoms with Crippen LogP contribution in [0.2, 0.25) is 0 Å². The van der Waals surface area contributed by atoms with Crippen LogP contribution in [0.15, 0.2) is 12.1 Å². The van der Waals surface area contributed by atoms with Crippen molar-refractivity contribution in [1.29, 1.82) is 0 Å². The summed E-state index contributed by atoms with van der Waals surface area (Å²) in [6.07, 6.45) is 1.73. The van der Waals surface area contributed by atoms with Gasteiger partial charge in [0.1, 0.15) is 0 Å². The Morgan fingerprint density at radius 3 is 2.42 bits per heavy atom. The van der Waals surface area contributed by atoms with Crippen LogP contribution in [0.5, 0.6) is 0 Å². The summed E-state index contributed by atoms with van der Waals surface area (Å²) in [6.45, 7) is 11.4. The van der Waals surface area contributed by atoms with Crippen molar-refractivity contribution in [3.8, 4) is 0 Å². The topological polar surface area (TPSA) is 117 Å². The molecule has 2 N–H and O–H groups in total. The minimum atomic E-state index is -0.688. The molecule has 198 valence electrons. The smallest absolute Gasteiger partial charge is 0.434 e. The molecule has 0 aromatic heterocycles. The summed E-state index contributed by atoms with van der Waals surface area (Å²) in [4.78, 5) is 58.8. The zero-order chi connectivity index (χ0) is 26.6. The van der Waals surface area contributed by atoms with Gasteiger partial charge in [-0.15, -0.1) is 0 Å². The Morgan fingerprint density at radius 1 is 1.14 bits per heavy atom. The van der Waals surface area contributed by atoms with E-state index in [1.54, 1.807) is 15.9 Å². The molecule has 2 aliphatic rings. The number of carbonyl (C=O) groups excluding carboxylic acids is 4. The summed E-state index contributed by atoms with van der Waals surface area (Å²) in [6, 6.07) is 3.62. The molecule has 1 aromatic carbocycles. The number of alkyl carbamates (subject to hydrolysis) is 1. The number of piperidine rings is 1. The quantitative estimate of drug-likeness (QED) is 0.593. The Balaban J connectivity index is 1.90. The highest BCUT2D eigenvalue weighted by Gasteiger charge is 2.47. The highest BCUT2D eigenvalue weighted by atomic mass is 16.7. The van der Waals surface area contributed by atoms with E-state index < -0.39 is 23.5 Å². The molecule has 0 bridgehead atoms. The first-order chi connectivity index (χ1) is 17.0. The van der Waals surface area contributed by atoms with Crippen molar-refractivity contribution in [2.24, 2.45) is 11.3 Å². The maximum Gasteiger partial charge on any atom is 0.434 e. The molecule has 2 aliphatic heterocycles. The third-order valence-electron chi connectivity index (χ3n) is 7.12. The number of hydrogen-bond acceptors (Lipinski definition) is 6. The van der Waals surface area contributed by atoms with Crippen molar-refractivity contribution in [3.63, 3.8) is 0 Å². The fraction of sp³-hybridized carbons (Fsp3) is 0.615. The number of methoxy groups -OCH3 is 1.